The second kappa shape index (κ2) is 5.39. The van der Waals surface area contributed by atoms with Crippen LogP contribution in [-0.2, 0) is 4.43 Å². The average Bonchev–Trinajstić information content (AvgIpc) is 2.60. The first-order valence-corrected chi connectivity index (χ1v) is 9.09. The van der Waals surface area contributed by atoms with Gasteiger partial charge in [0.2, 0.25) is 0 Å². The van der Waals surface area contributed by atoms with Crippen LogP contribution >= 0.6 is 0 Å². The Morgan fingerprint density at radius 2 is 2.12 bits per heavy atom. The van der Waals surface area contributed by atoms with Crippen molar-refractivity contribution in [1.82, 2.24) is 5.32 Å². The Morgan fingerprint density at radius 1 is 1.47 bits per heavy atom. The summed E-state index contributed by atoms with van der Waals surface area (Å²) in [6, 6.07) is 0.278. The van der Waals surface area contributed by atoms with E-state index in [4.69, 9.17) is 9.96 Å². The quantitative estimate of drug-likeness (QED) is 0.363. The second-order valence-electron chi connectivity index (χ2n) is 6.25. The van der Waals surface area contributed by atoms with Crippen LogP contribution in [0.3, 0.4) is 0 Å². The number of rotatable bonds is 4. The van der Waals surface area contributed by atoms with Crippen molar-refractivity contribution in [3.63, 3.8) is 0 Å². The first-order chi connectivity index (χ1) is 7.76. The van der Waals surface area contributed by atoms with Crippen LogP contribution in [0.4, 0.5) is 0 Å². The number of nitrogens with zero attached hydrogens (tertiary/aromatic N) is 3. The molecule has 2 atom stereocenters. The monoisotopic (exact) mass is 256 g/mol. The predicted octanol–water partition coefficient (Wildman–Crippen LogP) is 3.05. The largest absolute Gasteiger partial charge is 0.413 e. The van der Waals surface area contributed by atoms with Crippen LogP contribution in [0.15, 0.2) is 5.11 Å². The zero-order chi connectivity index (χ0) is 13.1. The summed E-state index contributed by atoms with van der Waals surface area (Å²) in [6.07, 6.45) is 1.22. The van der Waals surface area contributed by atoms with Crippen molar-refractivity contribution in [2.45, 2.75) is 57.5 Å². The highest BCUT2D eigenvalue weighted by Gasteiger charge is 2.40. The van der Waals surface area contributed by atoms with E-state index in [-0.39, 0.29) is 17.2 Å². The van der Waals surface area contributed by atoms with Gasteiger partial charge in [0.1, 0.15) is 0 Å². The minimum Gasteiger partial charge on any atom is -0.413 e. The van der Waals surface area contributed by atoms with Crippen molar-refractivity contribution in [1.29, 1.82) is 0 Å². The standard InChI is InChI=1S/C11H24N4OSi/c1-11(2,3)17(4,5)16-10-6-9(13-8-10)7-14-15-12/h9-10,13H,6-8H2,1-5H3/t9-,10-/m1/s1. The average molecular weight is 256 g/mol. The van der Waals surface area contributed by atoms with Crippen molar-refractivity contribution in [2.24, 2.45) is 5.11 Å². The summed E-state index contributed by atoms with van der Waals surface area (Å²) in [6.45, 7) is 12.7. The zero-order valence-corrected chi connectivity index (χ0v) is 12.5. The summed E-state index contributed by atoms with van der Waals surface area (Å²) in [7, 11) is -1.67. The second-order valence-corrected chi connectivity index (χ2v) is 11.0. The van der Waals surface area contributed by atoms with Crippen molar-refractivity contribution >= 4 is 8.32 Å². The highest BCUT2D eigenvalue weighted by Crippen LogP contribution is 2.38. The molecule has 17 heavy (non-hydrogen) atoms. The lowest BCUT2D eigenvalue weighted by molar-refractivity contribution is 0.197. The van der Waals surface area contributed by atoms with E-state index < -0.39 is 8.32 Å². The van der Waals surface area contributed by atoms with Crippen LogP contribution in [0, 0.1) is 0 Å². The lowest BCUT2D eigenvalue weighted by Crippen LogP contribution is -2.44. The number of hydrogen-bond acceptors (Lipinski definition) is 3. The molecule has 5 nitrogen and oxygen atoms in total. The summed E-state index contributed by atoms with van der Waals surface area (Å²) < 4.78 is 6.32. The lowest BCUT2D eigenvalue weighted by atomic mass is 10.2. The van der Waals surface area contributed by atoms with Gasteiger partial charge in [-0.25, -0.2) is 0 Å². The smallest absolute Gasteiger partial charge is 0.192 e. The maximum absolute atomic E-state index is 8.29. The van der Waals surface area contributed by atoms with Crippen LogP contribution in [-0.4, -0.2) is 33.6 Å². The fourth-order valence-electron chi connectivity index (χ4n) is 1.74. The molecular formula is C11H24N4OSi. The van der Waals surface area contributed by atoms with Gasteiger partial charge in [-0.3, -0.25) is 0 Å². The molecule has 1 heterocycles. The van der Waals surface area contributed by atoms with Crippen molar-refractivity contribution < 1.29 is 4.43 Å². The summed E-state index contributed by atoms with van der Waals surface area (Å²) in [4.78, 5) is 2.79. The third-order valence-electron chi connectivity index (χ3n) is 3.81. The Labute approximate surface area is 105 Å². The molecule has 0 aromatic heterocycles. The van der Waals surface area contributed by atoms with E-state index in [0.717, 1.165) is 13.0 Å². The molecule has 1 rings (SSSR count). The first kappa shape index (κ1) is 14.5. The summed E-state index contributed by atoms with van der Waals surface area (Å²) in [5.41, 5.74) is 8.29. The SMILES string of the molecule is CC(C)(C)[Si](C)(C)O[C@H]1CN[C@@H](CN=[N+]=[N-])C1. The summed E-state index contributed by atoms with van der Waals surface area (Å²) >= 11 is 0. The van der Waals surface area contributed by atoms with Crippen LogP contribution in [0.25, 0.3) is 10.4 Å². The molecule has 1 saturated heterocycles. The Kier molecular flexibility index (Phi) is 4.60. The molecule has 0 aromatic rings. The van der Waals surface area contributed by atoms with Gasteiger partial charge in [0, 0.05) is 24.0 Å². The molecule has 0 aliphatic carbocycles. The first-order valence-electron chi connectivity index (χ1n) is 6.18. The minimum absolute atomic E-state index is 0.246. The van der Waals surface area contributed by atoms with E-state index in [2.05, 4.69) is 49.2 Å². The van der Waals surface area contributed by atoms with Gasteiger partial charge in [0.05, 0.1) is 6.10 Å². The molecule has 0 unspecified atom stereocenters. The molecule has 0 spiro atoms. The predicted molar refractivity (Wildman–Crippen MR) is 72.5 cm³/mol. The molecular weight excluding hydrogens is 232 g/mol. The van der Waals surface area contributed by atoms with E-state index in [9.17, 15) is 0 Å². The molecule has 1 fully saturated rings. The molecule has 1 N–H and O–H groups in total. The van der Waals surface area contributed by atoms with Gasteiger partial charge in [-0.1, -0.05) is 25.9 Å². The molecule has 0 radical (unpaired) electrons. The minimum atomic E-state index is -1.67. The molecule has 1 aliphatic rings. The van der Waals surface area contributed by atoms with Gasteiger partial charge in [-0.2, -0.15) is 0 Å². The Bertz CT molecular complexity index is 307. The third kappa shape index (κ3) is 3.99. The number of hydrogen-bond donors (Lipinski definition) is 1. The van der Waals surface area contributed by atoms with Crippen LogP contribution in [0.1, 0.15) is 27.2 Å². The fourth-order valence-corrected chi connectivity index (χ4v) is 3.11. The Morgan fingerprint density at radius 3 is 2.65 bits per heavy atom. The topological polar surface area (TPSA) is 70.0 Å². The van der Waals surface area contributed by atoms with Gasteiger partial charge in [-0.05, 0) is 30.1 Å². The van der Waals surface area contributed by atoms with E-state index in [1.54, 1.807) is 0 Å². The lowest BCUT2D eigenvalue weighted by Gasteiger charge is -2.38. The van der Waals surface area contributed by atoms with Crippen LogP contribution in [0.5, 0.6) is 0 Å². The van der Waals surface area contributed by atoms with Gasteiger partial charge < -0.3 is 9.74 Å². The number of nitrogens with one attached hydrogen (secondary N) is 1. The Balaban J connectivity index is 2.47. The van der Waals surface area contributed by atoms with Gasteiger partial charge in [0.15, 0.2) is 8.32 Å². The van der Waals surface area contributed by atoms with E-state index in [0.29, 0.717) is 6.54 Å². The van der Waals surface area contributed by atoms with Gasteiger partial charge in [0.25, 0.3) is 0 Å². The third-order valence-corrected chi connectivity index (χ3v) is 8.35. The fraction of sp³-hybridized carbons (Fsp3) is 1.00. The summed E-state index contributed by atoms with van der Waals surface area (Å²) in [5, 5.41) is 7.20. The van der Waals surface area contributed by atoms with Gasteiger partial charge >= 0.3 is 0 Å². The summed E-state index contributed by atoms with van der Waals surface area (Å²) in [5.74, 6) is 0. The number of azide groups is 1. The Hall–Kier alpha value is -0.553. The van der Waals surface area contributed by atoms with Crippen molar-refractivity contribution in [3.8, 4) is 0 Å². The highest BCUT2D eigenvalue weighted by atomic mass is 28.4. The van der Waals surface area contributed by atoms with Crippen LogP contribution in [0.2, 0.25) is 18.1 Å². The zero-order valence-electron chi connectivity index (χ0n) is 11.5. The van der Waals surface area contributed by atoms with Crippen molar-refractivity contribution in [2.75, 3.05) is 13.1 Å². The van der Waals surface area contributed by atoms with E-state index in [1.165, 1.54) is 0 Å². The molecule has 98 valence electrons. The van der Waals surface area contributed by atoms with E-state index >= 15 is 0 Å². The molecule has 1 aliphatic heterocycles. The van der Waals surface area contributed by atoms with Crippen molar-refractivity contribution in [3.05, 3.63) is 10.4 Å². The molecule has 0 saturated carbocycles. The molecule has 0 aromatic carbocycles. The maximum atomic E-state index is 8.29. The van der Waals surface area contributed by atoms with Gasteiger partial charge in [-0.15, -0.1) is 0 Å². The molecule has 0 amide bonds. The molecule has 0 bridgehead atoms. The normalized spacial score (nSPS) is 25.7. The maximum Gasteiger partial charge on any atom is 0.192 e. The molecule has 6 heteroatoms. The van der Waals surface area contributed by atoms with Crippen LogP contribution < -0.4 is 5.32 Å². The van der Waals surface area contributed by atoms with E-state index in [1.807, 2.05) is 0 Å². The highest BCUT2D eigenvalue weighted by molar-refractivity contribution is 6.74.